The van der Waals surface area contributed by atoms with Crippen molar-refractivity contribution in [1.29, 1.82) is 0 Å². The minimum absolute atomic E-state index is 0.273. The summed E-state index contributed by atoms with van der Waals surface area (Å²) in [6.07, 6.45) is 0. The van der Waals surface area contributed by atoms with E-state index < -0.39 is 0 Å². The van der Waals surface area contributed by atoms with Crippen molar-refractivity contribution in [3.8, 4) is 11.8 Å². The highest BCUT2D eigenvalue weighted by Gasteiger charge is 2.04. The maximum absolute atomic E-state index is 13.3. The minimum Gasteiger partial charge on any atom is -0.320 e. The molecule has 20 heavy (non-hydrogen) atoms. The molecule has 0 aliphatic rings. The van der Waals surface area contributed by atoms with Gasteiger partial charge in [-0.15, -0.1) is 11.8 Å². The van der Waals surface area contributed by atoms with E-state index in [1.807, 2.05) is 18.2 Å². The van der Waals surface area contributed by atoms with E-state index in [4.69, 9.17) is 5.73 Å². The van der Waals surface area contributed by atoms with Crippen LogP contribution in [0.2, 0.25) is 0 Å². The molecule has 0 bridgehead atoms. The molecule has 0 heterocycles. The fraction of sp³-hybridized carbons (Fsp3) is 0.125. The fourth-order valence-electron chi connectivity index (χ4n) is 1.66. The first kappa shape index (κ1) is 15.1. The van der Waals surface area contributed by atoms with Crippen molar-refractivity contribution in [3.63, 3.8) is 0 Å². The Balaban J connectivity index is 2.16. The van der Waals surface area contributed by atoms with Crippen molar-refractivity contribution >= 4 is 27.7 Å². The first-order valence-corrected chi connectivity index (χ1v) is 7.82. The van der Waals surface area contributed by atoms with Crippen LogP contribution in [0, 0.1) is 17.7 Å². The minimum atomic E-state index is -0.275. The third-order valence-electron chi connectivity index (χ3n) is 2.59. The summed E-state index contributed by atoms with van der Waals surface area (Å²) in [4.78, 5) is 1.15. The highest BCUT2D eigenvalue weighted by molar-refractivity contribution is 9.10. The third-order valence-corrected chi connectivity index (χ3v) is 4.12. The molecule has 0 saturated heterocycles. The molecular weight excluding hydrogens is 337 g/mol. The van der Waals surface area contributed by atoms with Gasteiger partial charge in [-0.05, 0) is 35.9 Å². The normalized spacial score (nSPS) is 9.95. The van der Waals surface area contributed by atoms with Crippen molar-refractivity contribution in [2.24, 2.45) is 5.73 Å². The first-order valence-electron chi connectivity index (χ1n) is 6.05. The Kier molecular flexibility index (Phi) is 5.66. The number of thioether (sulfide) groups is 1. The molecule has 0 aliphatic carbocycles. The van der Waals surface area contributed by atoms with Gasteiger partial charge in [0.15, 0.2) is 0 Å². The van der Waals surface area contributed by atoms with E-state index in [0.717, 1.165) is 20.7 Å². The predicted octanol–water partition coefficient (Wildman–Crippen LogP) is 4.19. The van der Waals surface area contributed by atoms with Gasteiger partial charge < -0.3 is 5.73 Å². The fourth-order valence-corrected chi connectivity index (χ4v) is 3.16. The van der Waals surface area contributed by atoms with E-state index in [1.165, 1.54) is 12.1 Å². The van der Waals surface area contributed by atoms with Gasteiger partial charge >= 0.3 is 0 Å². The van der Waals surface area contributed by atoms with Crippen molar-refractivity contribution in [3.05, 3.63) is 63.9 Å². The molecule has 0 atom stereocenters. The predicted molar refractivity (Wildman–Crippen MR) is 86.0 cm³/mol. The van der Waals surface area contributed by atoms with Gasteiger partial charge in [-0.25, -0.2) is 4.39 Å². The first-order chi connectivity index (χ1) is 9.69. The number of hydrogen-bond donors (Lipinski definition) is 1. The highest BCUT2D eigenvalue weighted by Crippen LogP contribution is 2.26. The summed E-state index contributed by atoms with van der Waals surface area (Å²) in [7, 11) is 0. The summed E-state index contributed by atoms with van der Waals surface area (Å²) in [6.45, 7) is 0.273. The van der Waals surface area contributed by atoms with Crippen LogP contribution in [-0.2, 0) is 5.75 Å². The largest absolute Gasteiger partial charge is 0.320 e. The lowest BCUT2D eigenvalue weighted by atomic mass is 10.1. The second-order valence-electron chi connectivity index (χ2n) is 4.05. The molecule has 2 aromatic carbocycles. The second kappa shape index (κ2) is 7.49. The monoisotopic (exact) mass is 349 g/mol. The summed E-state index contributed by atoms with van der Waals surface area (Å²) >= 11 is 5.14. The van der Waals surface area contributed by atoms with Crippen LogP contribution in [0.1, 0.15) is 11.1 Å². The maximum atomic E-state index is 13.3. The highest BCUT2D eigenvalue weighted by atomic mass is 79.9. The van der Waals surface area contributed by atoms with Crippen LogP contribution in [0.25, 0.3) is 0 Å². The van der Waals surface area contributed by atoms with Gasteiger partial charge in [-0.1, -0.05) is 39.9 Å². The van der Waals surface area contributed by atoms with Gasteiger partial charge in [0.1, 0.15) is 5.82 Å². The van der Waals surface area contributed by atoms with Gasteiger partial charge in [0.2, 0.25) is 0 Å². The van der Waals surface area contributed by atoms with Crippen LogP contribution in [0.3, 0.4) is 0 Å². The molecule has 2 rings (SSSR count). The maximum Gasteiger partial charge on any atom is 0.124 e. The van der Waals surface area contributed by atoms with Crippen LogP contribution >= 0.6 is 27.7 Å². The summed E-state index contributed by atoms with van der Waals surface area (Å²) in [5, 5.41) is 0. The Bertz CT molecular complexity index is 661. The van der Waals surface area contributed by atoms with Crippen molar-refractivity contribution in [2.75, 3.05) is 6.54 Å². The van der Waals surface area contributed by atoms with Gasteiger partial charge in [0.25, 0.3) is 0 Å². The molecule has 0 spiro atoms. The smallest absolute Gasteiger partial charge is 0.124 e. The number of benzene rings is 2. The zero-order valence-corrected chi connectivity index (χ0v) is 13.1. The van der Waals surface area contributed by atoms with Crippen molar-refractivity contribution in [1.82, 2.24) is 0 Å². The molecule has 102 valence electrons. The molecule has 0 fully saturated rings. The standard InChI is InChI=1S/C16H13BrFNS/c17-14-4-1-5-16(10-14)20-11-13-6-7-15(18)9-12(13)3-2-8-19/h1,4-7,9-10H,8,11,19H2. The molecular formula is C16H13BrFNS. The Morgan fingerprint density at radius 3 is 2.80 bits per heavy atom. The lowest BCUT2D eigenvalue weighted by Crippen LogP contribution is -1.95. The van der Waals surface area contributed by atoms with Gasteiger partial charge in [0.05, 0.1) is 6.54 Å². The van der Waals surface area contributed by atoms with E-state index in [1.54, 1.807) is 17.8 Å². The molecule has 0 saturated carbocycles. The second-order valence-corrected chi connectivity index (χ2v) is 6.02. The Labute approximate surface area is 130 Å². The van der Waals surface area contributed by atoms with Crippen LogP contribution in [-0.4, -0.2) is 6.54 Å². The average molecular weight is 350 g/mol. The topological polar surface area (TPSA) is 26.0 Å². The van der Waals surface area contributed by atoms with E-state index >= 15 is 0 Å². The summed E-state index contributed by atoms with van der Waals surface area (Å²) in [5.74, 6) is 6.16. The molecule has 1 nitrogen and oxygen atoms in total. The summed E-state index contributed by atoms with van der Waals surface area (Å²) < 4.78 is 14.3. The molecule has 0 radical (unpaired) electrons. The SMILES string of the molecule is NCC#Cc1cc(F)ccc1CSc1cccc(Br)c1. The molecule has 0 unspecified atom stereocenters. The molecule has 2 aromatic rings. The van der Waals surface area contributed by atoms with Crippen LogP contribution in [0.5, 0.6) is 0 Å². The summed E-state index contributed by atoms with van der Waals surface area (Å²) in [6, 6.07) is 12.8. The number of halogens is 2. The average Bonchev–Trinajstić information content (AvgIpc) is 2.44. The molecule has 4 heteroatoms. The Morgan fingerprint density at radius 2 is 2.05 bits per heavy atom. The van der Waals surface area contributed by atoms with E-state index in [0.29, 0.717) is 5.56 Å². The van der Waals surface area contributed by atoms with Gasteiger partial charge in [-0.3, -0.25) is 0 Å². The van der Waals surface area contributed by atoms with Crippen molar-refractivity contribution < 1.29 is 4.39 Å². The zero-order valence-electron chi connectivity index (χ0n) is 10.7. The third kappa shape index (κ3) is 4.38. The van der Waals surface area contributed by atoms with Gasteiger partial charge in [-0.2, -0.15) is 0 Å². The van der Waals surface area contributed by atoms with E-state index in [2.05, 4.69) is 33.8 Å². The van der Waals surface area contributed by atoms with Crippen LogP contribution in [0.4, 0.5) is 4.39 Å². The number of hydrogen-bond acceptors (Lipinski definition) is 2. The van der Waals surface area contributed by atoms with Crippen LogP contribution < -0.4 is 5.73 Å². The number of rotatable bonds is 3. The molecule has 0 aliphatic heterocycles. The molecule has 0 aromatic heterocycles. The Morgan fingerprint density at radius 1 is 1.20 bits per heavy atom. The molecule has 2 N–H and O–H groups in total. The van der Waals surface area contributed by atoms with Gasteiger partial charge in [0, 0.05) is 20.7 Å². The lowest BCUT2D eigenvalue weighted by Gasteiger charge is -2.05. The quantitative estimate of drug-likeness (QED) is 0.664. The van der Waals surface area contributed by atoms with Crippen LogP contribution in [0.15, 0.2) is 51.8 Å². The molecule has 0 amide bonds. The van der Waals surface area contributed by atoms with Crippen molar-refractivity contribution in [2.45, 2.75) is 10.6 Å². The zero-order chi connectivity index (χ0) is 14.4. The van der Waals surface area contributed by atoms with E-state index in [9.17, 15) is 4.39 Å². The Hall–Kier alpha value is -1.28. The van der Waals surface area contributed by atoms with E-state index in [-0.39, 0.29) is 12.4 Å². The number of nitrogens with two attached hydrogens (primary N) is 1. The lowest BCUT2D eigenvalue weighted by molar-refractivity contribution is 0.627. The summed E-state index contributed by atoms with van der Waals surface area (Å²) in [5.41, 5.74) is 7.09.